The van der Waals surface area contributed by atoms with Crippen LogP contribution < -0.4 is 0 Å². The van der Waals surface area contributed by atoms with Gasteiger partial charge in [-0.15, -0.1) is 0 Å². The SMILES string of the molecule is Cc1ccccc1C(=O)C(O)[C@H]1O[C@@H](Cl)C[C@@]1(O)C(=O)c1ccccc1C. The van der Waals surface area contributed by atoms with Gasteiger partial charge in [0.15, 0.2) is 17.2 Å². The second-order valence-electron chi connectivity index (χ2n) is 6.86. The fourth-order valence-electron chi connectivity index (χ4n) is 3.45. The molecule has 1 heterocycles. The highest BCUT2D eigenvalue weighted by molar-refractivity contribution is 6.20. The van der Waals surface area contributed by atoms with Crippen molar-refractivity contribution in [1.29, 1.82) is 0 Å². The quantitative estimate of drug-likeness (QED) is 0.607. The number of aliphatic hydroxyl groups excluding tert-OH is 1. The molecule has 0 spiro atoms. The first-order valence-corrected chi connectivity index (χ1v) is 9.09. The van der Waals surface area contributed by atoms with Crippen LogP contribution in [0.15, 0.2) is 48.5 Å². The zero-order chi connectivity index (χ0) is 19.8. The Morgan fingerprint density at radius 1 is 1.07 bits per heavy atom. The average Bonchev–Trinajstić information content (AvgIpc) is 2.96. The van der Waals surface area contributed by atoms with Gasteiger partial charge in [0.1, 0.15) is 17.8 Å². The number of ketones is 2. The lowest BCUT2D eigenvalue weighted by molar-refractivity contribution is -0.0716. The van der Waals surface area contributed by atoms with Crippen molar-refractivity contribution in [2.45, 2.75) is 43.6 Å². The number of carbonyl (C=O) groups excluding carboxylic acids is 2. The van der Waals surface area contributed by atoms with Crippen LogP contribution in [0.25, 0.3) is 0 Å². The van der Waals surface area contributed by atoms with Gasteiger partial charge in [0.25, 0.3) is 0 Å². The molecule has 142 valence electrons. The maximum atomic E-state index is 13.1. The number of halogens is 1. The fraction of sp³-hybridized carbons (Fsp3) is 0.333. The standard InChI is InChI=1S/C21H21ClO5/c1-12-7-3-5-9-14(12)17(23)18(24)20-21(26,11-16(22)27-20)19(25)15-10-6-4-8-13(15)2/h3-10,16,18,20,24,26H,11H2,1-2H3/t16-,18?,20-,21-/m1/s1. The molecule has 1 fully saturated rings. The third-order valence-electron chi connectivity index (χ3n) is 4.99. The van der Waals surface area contributed by atoms with Crippen molar-refractivity contribution in [1.82, 2.24) is 0 Å². The minimum absolute atomic E-state index is 0.218. The number of ether oxygens (including phenoxy) is 1. The summed E-state index contributed by atoms with van der Waals surface area (Å²) in [5.41, 5.74) is -1.14. The minimum atomic E-state index is -2.10. The van der Waals surface area contributed by atoms with Crippen molar-refractivity contribution in [3.8, 4) is 0 Å². The Morgan fingerprint density at radius 3 is 2.15 bits per heavy atom. The number of hydrogen-bond donors (Lipinski definition) is 2. The number of carbonyl (C=O) groups is 2. The molecule has 1 saturated heterocycles. The van der Waals surface area contributed by atoms with Crippen LogP contribution >= 0.6 is 11.6 Å². The van der Waals surface area contributed by atoms with E-state index in [0.717, 1.165) is 0 Å². The number of alkyl halides is 1. The lowest BCUT2D eigenvalue weighted by atomic mass is 9.81. The van der Waals surface area contributed by atoms with E-state index in [1.54, 1.807) is 62.4 Å². The van der Waals surface area contributed by atoms with Crippen molar-refractivity contribution in [3.05, 3.63) is 70.8 Å². The van der Waals surface area contributed by atoms with Crippen LogP contribution in [0.1, 0.15) is 38.3 Å². The first-order chi connectivity index (χ1) is 12.8. The molecular weight excluding hydrogens is 368 g/mol. The van der Waals surface area contributed by atoms with Crippen LogP contribution in [0.5, 0.6) is 0 Å². The molecule has 6 heteroatoms. The van der Waals surface area contributed by atoms with Gasteiger partial charge in [-0.3, -0.25) is 9.59 Å². The summed E-state index contributed by atoms with van der Waals surface area (Å²) in [7, 11) is 0. The lowest BCUT2D eigenvalue weighted by Crippen LogP contribution is -2.54. The van der Waals surface area contributed by atoms with Crippen LogP contribution in [0.3, 0.4) is 0 Å². The topological polar surface area (TPSA) is 83.8 Å². The molecule has 1 aliphatic heterocycles. The number of rotatable bonds is 5. The average molecular weight is 389 g/mol. The smallest absolute Gasteiger partial charge is 0.197 e. The first kappa shape index (κ1) is 19.7. The van der Waals surface area contributed by atoms with Gasteiger partial charge in [0.05, 0.1) is 0 Å². The Hall–Kier alpha value is -2.05. The maximum Gasteiger partial charge on any atom is 0.197 e. The zero-order valence-corrected chi connectivity index (χ0v) is 15.8. The highest BCUT2D eigenvalue weighted by Crippen LogP contribution is 2.38. The zero-order valence-electron chi connectivity index (χ0n) is 15.1. The molecule has 27 heavy (non-hydrogen) atoms. The van der Waals surface area contributed by atoms with Crippen molar-refractivity contribution in [2.75, 3.05) is 0 Å². The largest absolute Gasteiger partial charge is 0.382 e. The van der Waals surface area contributed by atoms with Gasteiger partial charge in [-0.2, -0.15) is 0 Å². The van der Waals surface area contributed by atoms with Gasteiger partial charge in [0, 0.05) is 17.5 Å². The van der Waals surface area contributed by atoms with Crippen LogP contribution in [0, 0.1) is 13.8 Å². The molecule has 1 aliphatic rings. The van der Waals surface area contributed by atoms with Gasteiger partial charge in [0.2, 0.25) is 0 Å². The third-order valence-corrected chi connectivity index (χ3v) is 5.24. The Balaban J connectivity index is 1.96. The molecule has 4 atom stereocenters. The molecule has 0 radical (unpaired) electrons. The maximum absolute atomic E-state index is 13.1. The van der Waals surface area contributed by atoms with Gasteiger partial charge >= 0.3 is 0 Å². The van der Waals surface area contributed by atoms with Crippen LogP contribution in [-0.2, 0) is 4.74 Å². The number of aryl methyl sites for hydroxylation is 2. The minimum Gasteiger partial charge on any atom is -0.382 e. The van der Waals surface area contributed by atoms with E-state index < -0.39 is 34.9 Å². The molecule has 0 aliphatic carbocycles. The van der Waals surface area contributed by atoms with Gasteiger partial charge in [-0.1, -0.05) is 60.1 Å². The number of hydrogen-bond acceptors (Lipinski definition) is 5. The van der Waals surface area contributed by atoms with E-state index in [2.05, 4.69) is 0 Å². The number of Topliss-reactive ketones (excluding diaryl/α,β-unsaturated/α-hetero) is 2. The van der Waals surface area contributed by atoms with E-state index in [9.17, 15) is 19.8 Å². The molecule has 1 unspecified atom stereocenters. The summed E-state index contributed by atoms with van der Waals surface area (Å²) in [6.45, 7) is 3.49. The normalized spacial score (nSPS) is 26.0. The molecule has 0 saturated carbocycles. The second kappa shape index (κ2) is 7.52. The lowest BCUT2D eigenvalue weighted by Gasteiger charge is -2.30. The van der Waals surface area contributed by atoms with E-state index in [4.69, 9.17) is 16.3 Å². The summed E-state index contributed by atoms with van der Waals surface area (Å²) in [4.78, 5) is 25.8. The van der Waals surface area contributed by atoms with Crippen molar-refractivity contribution >= 4 is 23.2 Å². The van der Waals surface area contributed by atoms with Crippen molar-refractivity contribution in [2.24, 2.45) is 0 Å². The molecule has 2 N–H and O–H groups in total. The van der Waals surface area contributed by atoms with Gasteiger partial charge in [-0.25, -0.2) is 0 Å². The fourth-order valence-corrected chi connectivity index (χ4v) is 3.79. The van der Waals surface area contributed by atoms with Crippen LogP contribution in [0.4, 0.5) is 0 Å². The molecule has 0 bridgehead atoms. The summed E-state index contributed by atoms with van der Waals surface area (Å²) < 4.78 is 5.43. The third kappa shape index (κ3) is 3.56. The molecule has 2 aromatic rings. The predicted molar refractivity (Wildman–Crippen MR) is 101 cm³/mol. The Morgan fingerprint density at radius 2 is 1.59 bits per heavy atom. The summed E-state index contributed by atoms with van der Waals surface area (Å²) >= 11 is 6.03. The van der Waals surface area contributed by atoms with E-state index in [1.807, 2.05) is 0 Å². The summed E-state index contributed by atoms with van der Waals surface area (Å²) in [6.07, 6.45) is -3.41. The van der Waals surface area contributed by atoms with E-state index in [1.165, 1.54) is 0 Å². The van der Waals surface area contributed by atoms with E-state index in [-0.39, 0.29) is 6.42 Å². The molecule has 2 aromatic carbocycles. The monoisotopic (exact) mass is 388 g/mol. The van der Waals surface area contributed by atoms with Crippen molar-refractivity contribution in [3.63, 3.8) is 0 Å². The van der Waals surface area contributed by atoms with Gasteiger partial charge < -0.3 is 14.9 Å². The molecule has 5 nitrogen and oxygen atoms in total. The van der Waals surface area contributed by atoms with Crippen LogP contribution in [0.2, 0.25) is 0 Å². The van der Waals surface area contributed by atoms with Gasteiger partial charge in [-0.05, 0) is 25.0 Å². The van der Waals surface area contributed by atoms with Crippen molar-refractivity contribution < 1.29 is 24.5 Å². The Bertz CT molecular complexity index is 880. The molecule has 0 amide bonds. The highest BCUT2D eigenvalue weighted by atomic mass is 35.5. The summed E-state index contributed by atoms with van der Waals surface area (Å²) in [5.74, 6) is -1.25. The molecule has 3 rings (SSSR count). The number of aliphatic hydroxyl groups is 2. The Kier molecular flexibility index (Phi) is 5.49. The Labute approximate surface area is 162 Å². The van der Waals surface area contributed by atoms with E-state index >= 15 is 0 Å². The predicted octanol–water partition coefficient (Wildman–Crippen LogP) is 2.81. The van der Waals surface area contributed by atoms with E-state index in [0.29, 0.717) is 22.3 Å². The van der Waals surface area contributed by atoms with Crippen LogP contribution in [-0.4, -0.2) is 45.2 Å². The summed E-state index contributed by atoms with van der Waals surface area (Å²) in [5, 5.41) is 21.8. The summed E-state index contributed by atoms with van der Waals surface area (Å²) in [6, 6.07) is 13.6. The second-order valence-corrected chi connectivity index (χ2v) is 7.35. The highest BCUT2D eigenvalue weighted by Gasteiger charge is 2.56. The molecule has 0 aromatic heterocycles. The first-order valence-electron chi connectivity index (χ1n) is 8.66. The molecular formula is C21H21ClO5. The number of benzene rings is 2.